The van der Waals surface area contributed by atoms with Gasteiger partial charge in [-0.1, -0.05) is 34.6 Å². The van der Waals surface area contributed by atoms with Crippen LogP contribution in [0.15, 0.2) is 0 Å². The third-order valence-electron chi connectivity index (χ3n) is 3.61. The summed E-state index contributed by atoms with van der Waals surface area (Å²) >= 11 is 3.76. The number of hydrogen-bond acceptors (Lipinski definition) is 5. The highest BCUT2D eigenvalue weighted by atomic mass is 32.2. The molecule has 1 aromatic rings. The number of anilines is 1. The van der Waals surface area contributed by atoms with Crippen LogP contribution in [0.5, 0.6) is 0 Å². The van der Waals surface area contributed by atoms with Crippen molar-refractivity contribution in [2.45, 2.75) is 65.6 Å². The topological polar surface area (TPSA) is 28.2 Å². The van der Waals surface area contributed by atoms with Gasteiger partial charge in [-0.05, 0) is 18.6 Å². The van der Waals surface area contributed by atoms with Gasteiger partial charge in [-0.3, -0.25) is 0 Å². The minimum Gasteiger partial charge on any atom is -0.347 e. The predicted molar refractivity (Wildman–Crippen MR) is 99.0 cm³/mol. The maximum Gasteiger partial charge on any atom is 0.185 e. The summed E-state index contributed by atoms with van der Waals surface area (Å²) in [5.41, 5.74) is 1.26. The minimum absolute atomic E-state index is 0.480. The van der Waals surface area contributed by atoms with Gasteiger partial charge < -0.3 is 10.2 Å². The zero-order chi connectivity index (χ0) is 16.0. The van der Waals surface area contributed by atoms with Crippen LogP contribution < -0.4 is 10.2 Å². The lowest BCUT2D eigenvalue weighted by molar-refractivity contribution is 0.588. The van der Waals surface area contributed by atoms with Crippen molar-refractivity contribution in [1.29, 1.82) is 0 Å². The van der Waals surface area contributed by atoms with Gasteiger partial charge in [0, 0.05) is 36.3 Å². The largest absolute Gasteiger partial charge is 0.347 e. The molecular weight excluding hydrogens is 298 g/mol. The van der Waals surface area contributed by atoms with Gasteiger partial charge in [-0.25, -0.2) is 4.98 Å². The van der Waals surface area contributed by atoms with Crippen molar-refractivity contribution in [3.63, 3.8) is 0 Å². The molecule has 0 amide bonds. The fourth-order valence-corrected chi connectivity index (χ4v) is 4.27. The SMILES string of the molecule is CCC(CSC)N(C)c1nc(C(C)C)c(CNC(C)C)s1. The summed E-state index contributed by atoms with van der Waals surface area (Å²) in [5, 5.41) is 4.69. The Morgan fingerprint density at radius 2 is 1.95 bits per heavy atom. The summed E-state index contributed by atoms with van der Waals surface area (Å²) in [4.78, 5) is 8.69. The highest BCUT2D eigenvalue weighted by Gasteiger charge is 2.20. The van der Waals surface area contributed by atoms with Crippen molar-refractivity contribution in [2.75, 3.05) is 24.0 Å². The molecule has 0 saturated carbocycles. The molecule has 0 fully saturated rings. The normalized spacial score (nSPS) is 13.2. The van der Waals surface area contributed by atoms with Crippen LogP contribution in [0.25, 0.3) is 0 Å². The maximum atomic E-state index is 4.93. The standard InChI is InChI=1S/C16H31N3S2/c1-8-13(10-20-7)19(6)16-18-15(11(2)3)14(21-16)9-17-12(4)5/h11-13,17H,8-10H2,1-7H3. The molecule has 5 heteroatoms. The molecular formula is C16H31N3S2. The summed E-state index contributed by atoms with van der Waals surface area (Å²) in [6, 6.07) is 1.07. The van der Waals surface area contributed by atoms with Crippen LogP contribution in [-0.4, -0.2) is 36.1 Å². The third kappa shape index (κ3) is 5.46. The first kappa shape index (κ1) is 18.8. The lowest BCUT2D eigenvalue weighted by atomic mass is 10.1. The Kier molecular flexibility index (Phi) is 8.06. The molecule has 0 saturated heterocycles. The quantitative estimate of drug-likeness (QED) is 0.729. The summed E-state index contributed by atoms with van der Waals surface area (Å²) in [5.74, 6) is 1.64. The molecule has 1 rings (SSSR count). The van der Waals surface area contributed by atoms with Gasteiger partial charge in [0.25, 0.3) is 0 Å². The fraction of sp³-hybridized carbons (Fsp3) is 0.812. The first-order valence-corrected chi connectivity index (χ1v) is 10.1. The molecule has 0 aliphatic rings. The van der Waals surface area contributed by atoms with Crippen LogP contribution >= 0.6 is 23.1 Å². The van der Waals surface area contributed by atoms with E-state index in [9.17, 15) is 0 Å². The number of nitrogens with zero attached hydrogens (tertiary/aromatic N) is 2. The van der Waals surface area contributed by atoms with Crippen molar-refractivity contribution >= 4 is 28.2 Å². The number of nitrogens with one attached hydrogen (secondary N) is 1. The molecule has 21 heavy (non-hydrogen) atoms. The number of thiazole rings is 1. The molecule has 0 radical (unpaired) electrons. The zero-order valence-electron chi connectivity index (χ0n) is 14.6. The second-order valence-corrected chi connectivity index (χ2v) is 8.10. The highest BCUT2D eigenvalue weighted by molar-refractivity contribution is 7.98. The van der Waals surface area contributed by atoms with Gasteiger partial charge in [0.05, 0.1) is 5.69 Å². The van der Waals surface area contributed by atoms with Crippen molar-refractivity contribution in [2.24, 2.45) is 0 Å². The van der Waals surface area contributed by atoms with Gasteiger partial charge in [0.2, 0.25) is 0 Å². The fourth-order valence-electron chi connectivity index (χ4n) is 2.23. The monoisotopic (exact) mass is 329 g/mol. The molecule has 1 unspecified atom stereocenters. The molecule has 0 spiro atoms. The molecule has 3 nitrogen and oxygen atoms in total. The van der Waals surface area contributed by atoms with Crippen molar-refractivity contribution in [3.8, 4) is 0 Å². The van der Waals surface area contributed by atoms with E-state index in [0.717, 1.165) is 18.7 Å². The highest BCUT2D eigenvalue weighted by Crippen LogP contribution is 2.32. The first-order valence-electron chi connectivity index (χ1n) is 7.85. The van der Waals surface area contributed by atoms with Gasteiger partial charge >= 0.3 is 0 Å². The van der Waals surface area contributed by atoms with E-state index in [2.05, 4.69) is 58.1 Å². The van der Waals surface area contributed by atoms with E-state index < -0.39 is 0 Å². The lowest BCUT2D eigenvalue weighted by Gasteiger charge is -2.26. The second kappa shape index (κ2) is 9.01. The van der Waals surface area contributed by atoms with E-state index >= 15 is 0 Å². The smallest absolute Gasteiger partial charge is 0.185 e. The molecule has 0 aromatic carbocycles. The number of aromatic nitrogens is 1. The third-order valence-corrected chi connectivity index (χ3v) is 5.49. The Hall–Kier alpha value is -0.260. The van der Waals surface area contributed by atoms with Crippen LogP contribution in [0.3, 0.4) is 0 Å². The van der Waals surface area contributed by atoms with Crippen molar-refractivity contribution in [1.82, 2.24) is 10.3 Å². The van der Waals surface area contributed by atoms with Gasteiger partial charge in [-0.15, -0.1) is 11.3 Å². The Bertz CT molecular complexity index is 416. The van der Waals surface area contributed by atoms with Crippen LogP contribution in [0, 0.1) is 0 Å². The van der Waals surface area contributed by atoms with Crippen molar-refractivity contribution < 1.29 is 0 Å². The molecule has 0 bridgehead atoms. The molecule has 0 aliphatic heterocycles. The molecule has 1 N–H and O–H groups in total. The van der Waals surface area contributed by atoms with E-state index in [0.29, 0.717) is 18.0 Å². The number of hydrogen-bond donors (Lipinski definition) is 1. The molecule has 1 heterocycles. The maximum absolute atomic E-state index is 4.93. The van der Waals surface area contributed by atoms with E-state index in [1.165, 1.54) is 15.7 Å². The molecule has 0 aliphatic carbocycles. The first-order chi connectivity index (χ1) is 9.90. The Labute approximate surface area is 138 Å². The van der Waals surface area contributed by atoms with E-state index in [1.54, 1.807) is 0 Å². The van der Waals surface area contributed by atoms with E-state index in [1.807, 2.05) is 23.1 Å². The van der Waals surface area contributed by atoms with E-state index in [-0.39, 0.29) is 0 Å². The van der Waals surface area contributed by atoms with Gasteiger partial charge in [0.15, 0.2) is 5.13 Å². The summed E-state index contributed by atoms with van der Waals surface area (Å²) in [6.45, 7) is 12.0. The Morgan fingerprint density at radius 3 is 2.43 bits per heavy atom. The van der Waals surface area contributed by atoms with Crippen molar-refractivity contribution in [3.05, 3.63) is 10.6 Å². The summed E-state index contributed by atoms with van der Waals surface area (Å²) in [6.07, 6.45) is 3.34. The number of rotatable bonds is 9. The average Bonchev–Trinajstić information content (AvgIpc) is 2.86. The molecule has 1 aromatic heterocycles. The molecule has 122 valence electrons. The van der Waals surface area contributed by atoms with Crippen LogP contribution in [0.4, 0.5) is 5.13 Å². The zero-order valence-corrected chi connectivity index (χ0v) is 16.2. The van der Waals surface area contributed by atoms with Crippen LogP contribution in [-0.2, 0) is 6.54 Å². The second-order valence-electron chi connectivity index (χ2n) is 6.12. The lowest BCUT2D eigenvalue weighted by Crippen LogP contribution is -2.33. The van der Waals surface area contributed by atoms with Crippen LogP contribution in [0.1, 0.15) is 57.5 Å². The van der Waals surface area contributed by atoms with E-state index in [4.69, 9.17) is 4.98 Å². The predicted octanol–water partition coefficient (Wildman–Crippen LogP) is 4.34. The average molecular weight is 330 g/mol. The van der Waals surface area contributed by atoms with Crippen LogP contribution in [0.2, 0.25) is 0 Å². The summed E-state index contributed by atoms with van der Waals surface area (Å²) < 4.78 is 0. The Balaban J connectivity index is 2.94. The number of thioether (sulfide) groups is 1. The summed E-state index contributed by atoms with van der Waals surface area (Å²) in [7, 11) is 2.19. The van der Waals surface area contributed by atoms with Gasteiger partial charge in [-0.2, -0.15) is 11.8 Å². The minimum atomic E-state index is 0.480. The molecule has 1 atom stereocenters. The Morgan fingerprint density at radius 1 is 1.29 bits per heavy atom. The van der Waals surface area contributed by atoms with Gasteiger partial charge in [0.1, 0.15) is 0 Å².